The van der Waals surface area contributed by atoms with Crippen LogP contribution in [0.4, 0.5) is 34.5 Å². The molecule has 302 valence electrons. The molecule has 1 atom stereocenters. The van der Waals surface area contributed by atoms with Crippen LogP contribution in [0, 0.1) is 59.8 Å². The highest BCUT2D eigenvalue weighted by Crippen LogP contribution is 2.40. The molecule has 0 spiro atoms. The van der Waals surface area contributed by atoms with Crippen LogP contribution in [0.5, 0.6) is 0 Å². The van der Waals surface area contributed by atoms with E-state index in [1.807, 2.05) is 33.8 Å². The van der Waals surface area contributed by atoms with Crippen LogP contribution < -0.4 is 15.4 Å². The maximum Gasteiger partial charge on any atom is 0.240 e. The highest BCUT2D eigenvalue weighted by atomic mass is 32.2. The molecular weight excluding hydrogens is 769 g/mol. The Balaban J connectivity index is 1.49. The number of anilines is 4. The van der Waals surface area contributed by atoms with Crippen LogP contribution >= 0.6 is 11.3 Å². The van der Waals surface area contributed by atoms with E-state index in [1.165, 1.54) is 34.8 Å². The molecule has 3 N–H and O–H groups in total. The van der Waals surface area contributed by atoms with Gasteiger partial charge in [0.25, 0.3) is 0 Å². The first-order chi connectivity index (χ1) is 27.3. The van der Waals surface area contributed by atoms with E-state index in [9.17, 15) is 13.7 Å². The molecule has 6 aromatic rings. The van der Waals surface area contributed by atoms with E-state index in [-0.39, 0.29) is 22.9 Å². The number of azo groups is 1. The zero-order valence-corrected chi connectivity index (χ0v) is 36.7. The third-order valence-electron chi connectivity index (χ3n) is 9.57. The fourth-order valence-corrected chi connectivity index (χ4v) is 9.36. The zero-order chi connectivity index (χ0) is 42.3. The molecule has 0 saturated heterocycles. The van der Waals surface area contributed by atoms with Crippen molar-refractivity contribution in [3.05, 3.63) is 98.7 Å². The van der Waals surface area contributed by atoms with E-state index >= 15 is 0 Å². The number of benzene rings is 3. The van der Waals surface area contributed by atoms with Gasteiger partial charge in [0, 0.05) is 29.9 Å². The largest absolute Gasteiger partial charge is 0.383 e. The minimum atomic E-state index is -3.83. The number of hydrogen-bond donors (Lipinski definition) is 3. The van der Waals surface area contributed by atoms with Crippen molar-refractivity contribution < 1.29 is 13.2 Å². The van der Waals surface area contributed by atoms with Gasteiger partial charge >= 0.3 is 0 Å². The van der Waals surface area contributed by atoms with E-state index in [4.69, 9.17) is 30.0 Å². The van der Waals surface area contributed by atoms with Crippen molar-refractivity contribution in [2.75, 3.05) is 24.4 Å². The number of nitrogens with one attached hydrogen (secondary N) is 3. The number of methoxy groups -OCH3 is 1. The van der Waals surface area contributed by atoms with E-state index in [1.54, 1.807) is 19.1 Å². The number of aryl methyl sites for hydroxylation is 7. The number of thiazole rings is 1. The second-order valence-corrected chi connectivity index (χ2v) is 18.7. The lowest BCUT2D eigenvalue weighted by Crippen LogP contribution is -2.35. The van der Waals surface area contributed by atoms with Gasteiger partial charge in [-0.3, -0.25) is 0 Å². The molecule has 0 aliphatic heterocycles. The van der Waals surface area contributed by atoms with Crippen molar-refractivity contribution in [2.45, 2.75) is 92.5 Å². The predicted molar refractivity (Wildman–Crippen MR) is 233 cm³/mol. The Labute approximate surface area is 344 Å². The summed E-state index contributed by atoms with van der Waals surface area (Å²) in [5.41, 5.74) is 10.6. The van der Waals surface area contributed by atoms with Crippen molar-refractivity contribution in [1.82, 2.24) is 24.5 Å². The number of pyridine rings is 1. The molecule has 13 nitrogen and oxygen atoms in total. The van der Waals surface area contributed by atoms with Gasteiger partial charge in [-0.25, -0.2) is 23.1 Å². The van der Waals surface area contributed by atoms with Crippen molar-refractivity contribution in [1.29, 1.82) is 5.26 Å². The summed E-state index contributed by atoms with van der Waals surface area (Å²) in [5, 5.41) is 32.6. The van der Waals surface area contributed by atoms with Gasteiger partial charge in [-0.1, -0.05) is 67.5 Å². The molecule has 3 aromatic carbocycles. The number of fused-ring (bicyclic) bond motifs is 1. The van der Waals surface area contributed by atoms with E-state index in [2.05, 4.69) is 87.2 Å². The maximum atomic E-state index is 13.2. The molecular formula is C43H50N10O3S2. The number of hydrogen-bond acceptors (Lipinski definition) is 12. The molecule has 0 radical (unpaired) electrons. The summed E-state index contributed by atoms with van der Waals surface area (Å²) >= 11 is 1.24. The lowest BCUT2D eigenvalue weighted by molar-refractivity contribution is 0.180. The van der Waals surface area contributed by atoms with Crippen molar-refractivity contribution in [3.8, 4) is 11.2 Å². The van der Waals surface area contributed by atoms with Gasteiger partial charge in [-0.05, 0) is 107 Å². The highest BCUT2D eigenvalue weighted by molar-refractivity contribution is 7.89. The molecule has 6 rings (SSSR count). The maximum absolute atomic E-state index is 13.2. The lowest BCUT2D eigenvalue weighted by Gasteiger charge is -2.18. The molecule has 0 amide bonds. The van der Waals surface area contributed by atoms with Crippen molar-refractivity contribution in [3.63, 3.8) is 0 Å². The second kappa shape index (κ2) is 16.4. The Morgan fingerprint density at radius 3 is 2.03 bits per heavy atom. The minimum absolute atomic E-state index is 0.0966. The average molecular weight is 819 g/mol. The molecule has 1 unspecified atom stereocenters. The predicted octanol–water partition coefficient (Wildman–Crippen LogP) is 10.4. The Kier molecular flexibility index (Phi) is 11.9. The third kappa shape index (κ3) is 8.80. The summed E-state index contributed by atoms with van der Waals surface area (Å²) < 4.78 is 36.3. The SMILES string of the molecule is COCC(C)NS(=O)(=O)c1ccc2nc(-n3nc(C(C)(C)C)c(C#N)c3N=Nc3c(C)cc(Nc4c(C)cc(C)cc4C)nc3Nc3c(C)cc(C)cc3C)sc2c1. The van der Waals surface area contributed by atoms with Crippen LogP contribution in [0.3, 0.4) is 0 Å². The summed E-state index contributed by atoms with van der Waals surface area (Å²) in [6.45, 7) is 22.2. The molecule has 0 saturated carbocycles. The monoisotopic (exact) mass is 818 g/mol. The van der Waals surface area contributed by atoms with Crippen LogP contribution in [0.25, 0.3) is 15.3 Å². The van der Waals surface area contributed by atoms with Gasteiger partial charge in [0.05, 0.1) is 27.4 Å². The Hall–Kier alpha value is -5.53. The second-order valence-electron chi connectivity index (χ2n) is 15.9. The molecule has 0 fully saturated rings. The van der Waals surface area contributed by atoms with Crippen LogP contribution in [-0.4, -0.2) is 47.9 Å². The van der Waals surface area contributed by atoms with Crippen LogP contribution in [0.2, 0.25) is 0 Å². The Morgan fingerprint density at radius 2 is 1.47 bits per heavy atom. The van der Waals surface area contributed by atoms with E-state index in [0.717, 1.165) is 44.8 Å². The third-order valence-corrected chi connectivity index (χ3v) is 12.2. The van der Waals surface area contributed by atoms with E-state index < -0.39 is 21.5 Å². The quantitative estimate of drug-likeness (QED) is 0.102. The number of ether oxygens (including phenoxy) is 1. The van der Waals surface area contributed by atoms with Gasteiger partial charge in [-0.15, -0.1) is 10.2 Å². The number of rotatable bonds is 12. The fraction of sp³-hybridized carbons (Fsp3) is 0.349. The molecule has 58 heavy (non-hydrogen) atoms. The fourth-order valence-electron chi connectivity index (χ4n) is 7.07. The number of aromatic nitrogens is 4. The average Bonchev–Trinajstić information content (AvgIpc) is 3.72. The lowest BCUT2D eigenvalue weighted by atomic mass is 9.90. The minimum Gasteiger partial charge on any atom is -0.383 e. The van der Waals surface area contributed by atoms with Crippen LogP contribution in [0.1, 0.15) is 77.9 Å². The van der Waals surface area contributed by atoms with Gasteiger partial charge < -0.3 is 15.4 Å². The smallest absolute Gasteiger partial charge is 0.240 e. The Bertz CT molecular complexity index is 2690. The van der Waals surface area contributed by atoms with Crippen LogP contribution in [0.15, 0.2) is 63.7 Å². The number of nitriles is 1. The normalized spacial score (nSPS) is 12.7. The van der Waals surface area contributed by atoms with E-state index in [0.29, 0.717) is 38.4 Å². The summed E-state index contributed by atoms with van der Waals surface area (Å²) in [4.78, 5) is 9.97. The highest BCUT2D eigenvalue weighted by Gasteiger charge is 2.29. The van der Waals surface area contributed by atoms with Gasteiger partial charge in [0.15, 0.2) is 11.6 Å². The summed E-state index contributed by atoms with van der Waals surface area (Å²) in [5.74, 6) is 1.30. The topological polar surface area (TPSA) is 172 Å². The van der Waals surface area contributed by atoms with Crippen molar-refractivity contribution >= 4 is 66.1 Å². The molecule has 3 heterocycles. The molecule has 0 aliphatic carbocycles. The molecule has 0 bridgehead atoms. The first kappa shape index (κ1) is 42.1. The summed E-state index contributed by atoms with van der Waals surface area (Å²) in [6.07, 6.45) is 0. The van der Waals surface area contributed by atoms with Crippen molar-refractivity contribution in [2.24, 2.45) is 10.2 Å². The number of nitrogens with zero attached hydrogens (tertiary/aromatic N) is 7. The number of sulfonamides is 1. The summed E-state index contributed by atoms with van der Waals surface area (Å²) in [6, 6.07) is 17.1. The van der Waals surface area contributed by atoms with Gasteiger partial charge in [0.2, 0.25) is 15.2 Å². The van der Waals surface area contributed by atoms with Crippen LogP contribution in [-0.2, 0) is 20.2 Å². The first-order valence-electron chi connectivity index (χ1n) is 18.9. The first-order valence-corrected chi connectivity index (χ1v) is 21.2. The molecule has 15 heteroatoms. The van der Waals surface area contributed by atoms with Gasteiger partial charge in [0.1, 0.15) is 23.1 Å². The van der Waals surface area contributed by atoms with Gasteiger partial charge in [-0.2, -0.15) is 15.0 Å². The molecule has 3 aromatic heterocycles. The summed E-state index contributed by atoms with van der Waals surface area (Å²) in [7, 11) is -2.32. The standard InChI is InChI=1S/C43H50N10O3S2/c1-23-15-25(3)36(26(4)16-23)46-35-19-29(7)38(40(47-35)48-37-27(5)17-24(2)18-28(37)6)49-50-41-32(21-44)39(43(9,10)11)51-53(41)42-45-33-14-13-31(20-34(33)57-42)58(54,55)52-30(8)22-56-12/h13-20,30,52H,22H2,1-12H3,(H2,46,47,48). The Morgan fingerprint density at radius 1 is 0.862 bits per heavy atom. The molecule has 0 aliphatic rings. The zero-order valence-electron chi connectivity index (χ0n) is 35.1.